The Labute approximate surface area is 82.2 Å². The predicted octanol–water partition coefficient (Wildman–Crippen LogP) is 0.328. The molecule has 1 heterocycles. The highest BCUT2D eigenvalue weighted by atomic mass is 16.3. The van der Waals surface area contributed by atoms with Crippen LogP contribution in [0.5, 0.6) is 0 Å². The average molecular weight is 192 g/mol. The fourth-order valence-corrected chi connectivity index (χ4v) is 0.956. The molecule has 5 heteroatoms. The molecule has 1 rings (SSSR count). The highest BCUT2D eigenvalue weighted by molar-refractivity contribution is 5.68. The molecule has 74 valence electrons. The maximum Gasteiger partial charge on any atom is 0.150 e. The van der Waals surface area contributed by atoms with Gasteiger partial charge in [-0.25, -0.2) is 4.98 Å². The summed E-state index contributed by atoms with van der Waals surface area (Å²) in [5.41, 5.74) is 6.35. The SMILES string of the molecule is CC(O)CNc1nccc(C#N)c1N. The lowest BCUT2D eigenvalue weighted by Gasteiger charge is -2.09. The standard InChI is InChI=1S/C9H12N4O/c1-6(14)5-13-9-8(11)7(4-10)2-3-12-9/h2-3,6,14H,5,11H2,1H3,(H,12,13). The van der Waals surface area contributed by atoms with Gasteiger partial charge in [0, 0.05) is 12.7 Å². The van der Waals surface area contributed by atoms with Gasteiger partial charge in [-0.1, -0.05) is 0 Å². The molecule has 0 saturated carbocycles. The number of hydrogen-bond acceptors (Lipinski definition) is 5. The summed E-state index contributed by atoms with van der Waals surface area (Å²) in [4.78, 5) is 3.96. The molecule has 0 aromatic carbocycles. The summed E-state index contributed by atoms with van der Waals surface area (Å²) in [5, 5.41) is 20.6. The molecule has 1 atom stereocenters. The summed E-state index contributed by atoms with van der Waals surface area (Å²) in [7, 11) is 0. The van der Waals surface area contributed by atoms with Crippen molar-refractivity contribution in [3.05, 3.63) is 17.8 Å². The van der Waals surface area contributed by atoms with E-state index in [9.17, 15) is 0 Å². The Morgan fingerprint density at radius 3 is 3.07 bits per heavy atom. The topological polar surface area (TPSA) is 95.0 Å². The summed E-state index contributed by atoms with van der Waals surface area (Å²) in [6.45, 7) is 2.00. The first-order valence-electron chi connectivity index (χ1n) is 4.21. The Morgan fingerprint density at radius 2 is 2.50 bits per heavy atom. The summed E-state index contributed by atoms with van der Waals surface area (Å²) in [5.74, 6) is 0.435. The first kappa shape index (κ1) is 10.3. The van der Waals surface area contributed by atoms with Crippen LogP contribution in [0.2, 0.25) is 0 Å². The molecule has 0 fully saturated rings. The Balaban J connectivity index is 2.83. The highest BCUT2D eigenvalue weighted by Crippen LogP contribution is 2.18. The molecular formula is C9H12N4O. The molecule has 0 spiro atoms. The Hall–Kier alpha value is -1.80. The Bertz CT molecular complexity index is 356. The van der Waals surface area contributed by atoms with Crippen molar-refractivity contribution in [1.29, 1.82) is 5.26 Å². The zero-order valence-corrected chi connectivity index (χ0v) is 7.86. The molecule has 0 aliphatic carbocycles. The normalized spacial score (nSPS) is 11.8. The number of nitrogens with one attached hydrogen (secondary N) is 1. The smallest absolute Gasteiger partial charge is 0.150 e. The van der Waals surface area contributed by atoms with Crippen LogP contribution in [-0.4, -0.2) is 22.7 Å². The van der Waals surface area contributed by atoms with Gasteiger partial charge in [0.2, 0.25) is 0 Å². The molecule has 5 nitrogen and oxygen atoms in total. The summed E-state index contributed by atoms with van der Waals surface area (Å²) in [6, 6.07) is 3.50. The zero-order chi connectivity index (χ0) is 10.6. The number of nitriles is 1. The van der Waals surface area contributed by atoms with Crippen LogP contribution in [0, 0.1) is 11.3 Å². The first-order chi connectivity index (χ1) is 6.65. The van der Waals surface area contributed by atoms with E-state index < -0.39 is 6.10 Å². The van der Waals surface area contributed by atoms with Crippen LogP contribution < -0.4 is 11.1 Å². The Morgan fingerprint density at radius 1 is 1.79 bits per heavy atom. The minimum absolute atomic E-state index is 0.315. The number of rotatable bonds is 3. The molecule has 0 saturated heterocycles. The number of aliphatic hydroxyl groups excluding tert-OH is 1. The fraction of sp³-hybridized carbons (Fsp3) is 0.333. The lowest BCUT2D eigenvalue weighted by atomic mass is 10.2. The molecule has 1 aromatic rings. The van der Waals surface area contributed by atoms with Gasteiger partial charge in [0.15, 0.2) is 5.82 Å². The number of nitrogens with two attached hydrogens (primary N) is 1. The largest absolute Gasteiger partial charge is 0.395 e. The number of nitrogen functional groups attached to an aromatic ring is 1. The molecule has 0 bridgehead atoms. The van der Waals surface area contributed by atoms with E-state index in [1.807, 2.05) is 6.07 Å². The summed E-state index contributed by atoms with van der Waals surface area (Å²) in [6.07, 6.45) is 1.01. The van der Waals surface area contributed by atoms with Crippen molar-refractivity contribution in [1.82, 2.24) is 4.98 Å². The molecule has 4 N–H and O–H groups in total. The minimum atomic E-state index is -0.484. The molecule has 1 aromatic heterocycles. The van der Waals surface area contributed by atoms with Crippen LogP contribution in [0.4, 0.5) is 11.5 Å². The van der Waals surface area contributed by atoms with Gasteiger partial charge in [0.25, 0.3) is 0 Å². The minimum Gasteiger partial charge on any atom is -0.395 e. The number of anilines is 2. The highest BCUT2D eigenvalue weighted by Gasteiger charge is 2.05. The van der Waals surface area contributed by atoms with Crippen molar-refractivity contribution in [2.24, 2.45) is 0 Å². The van der Waals surface area contributed by atoms with Crippen LogP contribution in [0.15, 0.2) is 12.3 Å². The maximum atomic E-state index is 9.03. The van der Waals surface area contributed by atoms with E-state index in [1.54, 1.807) is 13.0 Å². The fourth-order valence-electron chi connectivity index (χ4n) is 0.956. The molecule has 0 aliphatic rings. The van der Waals surface area contributed by atoms with Crippen molar-refractivity contribution in [3.63, 3.8) is 0 Å². The second-order valence-corrected chi connectivity index (χ2v) is 2.96. The monoisotopic (exact) mass is 192 g/mol. The van der Waals surface area contributed by atoms with Crippen molar-refractivity contribution in [3.8, 4) is 6.07 Å². The lowest BCUT2D eigenvalue weighted by molar-refractivity contribution is 0.208. The second kappa shape index (κ2) is 4.44. The van der Waals surface area contributed by atoms with Crippen LogP contribution >= 0.6 is 0 Å². The number of nitrogens with zero attached hydrogens (tertiary/aromatic N) is 2. The van der Waals surface area contributed by atoms with Gasteiger partial charge in [-0.3, -0.25) is 0 Å². The van der Waals surface area contributed by atoms with E-state index in [-0.39, 0.29) is 0 Å². The average Bonchev–Trinajstić information content (AvgIpc) is 2.16. The number of aliphatic hydroxyl groups is 1. The van der Waals surface area contributed by atoms with E-state index in [4.69, 9.17) is 16.1 Å². The maximum absolute atomic E-state index is 9.03. The first-order valence-corrected chi connectivity index (χ1v) is 4.21. The van der Waals surface area contributed by atoms with E-state index in [1.165, 1.54) is 6.20 Å². The molecule has 0 radical (unpaired) electrons. The van der Waals surface area contributed by atoms with Crippen molar-refractivity contribution in [2.45, 2.75) is 13.0 Å². The van der Waals surface area contributed by atoms with E-state index in [2.05, 4.69) is 10.3 Å². The second-order valence-electron chi connectivity index (χ2n) is 2.96. The lowest BCUT2D eigenvalue weighted by Crippen LogP contribution is -2.17. The third-order valence-corrected chi connectivity index (χ3v) is 1.68. The number of hydrogen-bond donors (Lipinski definition) is 3. The van der Waals surface area contributed by atoms with Crippen LogP contribution in [0.1, 0.15) is 12.5 Å². The van der Waals surface area contributed by atoms with Crippen molar-refractivity contribution in [2.75, 3.05) is 17.6 Å². The van der Waals surface area contributed by atoms with Crippen molar-refractivity contribution >= 4 is 11.5 Å². The van der Waals surface area contributed by atoms with Gasteiger partial charge in [-0.05, 0) is 13.0 Å². The van der Waals surface area contributed by atoms with Crippen LogP contribution in [0.3, 0.4) is 0 Å². The van der Waals surface area contributed by atoms with Crippen LogP contribution in [0.25, 0.3) is 0 Å². The van der Waals surface area contributed by atoms with E-state index in [0.29, 0.717) is 23.6 Å². The van der Waals surface area contributed by atoms with Gasteiger partial charge in [0.05, 0.1) is 17.4 Å². The zero-order valence-electron chi connectivity index (χ0n) is 7.86. The van der Waals surface area contributed by atoms with E-state index in [0.717, 1.165) is 0 Å². The number of aromatic nitrogens is 1. The quantitative estimate of drug-likeness (QED) is 0.641. The van der Waals surface area contributed by atoms with Crippen LogP contribution in [-0.2, 0) is 0 Å². The van der Waals surface area contributed by atoms with Gasteiger partial charge in [0.1, 0.15) is 6.07 Å². The van der Waals surface area contributed by atoms with Gasteiger partial charge in [-0.15, -0.1) is 0 Å². The Kier molecular flexibility index (Phi) is 3.26. The molecule has 1 unspecified atom stereocenters. The number of pyridine rings is 1. The molecule has 0 aliphatic heterocycles. The third kappa shape index (κ3) is 2.34. The van der Waals surface area contributed by atoms with Gasteiger partial charge in [-0.2, -0.15) is 5.26 Å². The van der Waals surface area contributed by atoms with Crippen molar-refractivity contribution < 1.29 is 5.11 Å². The third-order valence-electron chi connectivity index (χ3n) is 1.68. The summed E-state index contributed by atoms with van der Waals surface area (Å²) >= 11 is 0. The predicted molar refractivity (Wildman–Crippen MR) is 53.5 cm³/mol. The summed E-state index contributed by atoms with van der Waals surface area (Å²) < 4.78 is 0. The van der Waals surface area contributed by atoms with E-state index >= 15 is 0 Å². The molecular weight excluding hydrogens is 180 g/mol. The van der Waals surface area contributed by atoms with Gasteiger partial charge >= 0.3 is 0 Å². The molecule has 14 heavy (non-hydrogen) atoms. The van der Waals surface area contributed by atoms with Gasteiger partial charge < -0.3 is 16.2 Å². The molecule has 0 amide bonds.